The molecule has 33 heavy (non-hydrogen) atoms. The minimum absolute atomic E-state index is 0.121. The Hall–Kier alpha value is -2.15. The van der Waals surface area contributed by atoms with Gasteiger partial charge >= 0.3 is 5.97 Å². The van der Waals surface area contributed by atoms with Crippen LogP contribution in [0, 0.1) is 11.7 Å². The first kappa shape index (κ1) is 24.0. The van der Waals surface area contributed by atoms with Crippen molar-refractivity contribution in [1.29, 1.82) is 0 Å². The van der Waals surface area contributed by atoms with Crippen LogP contribution in [0.25, 0.3) is 0 Å². The minimum Gasteiger partial charge on any atom is -0.466 e. The highest BCUT2D eigenvalue weighted by Crippen LogP contribution is 2.40. The van der Waals surface area contributed by atoms with Gasteiger partial charge in [0.25, 0.3) is 0 Å². The van der Waals surface area contributed by atoms with Gasteiger partial charge in [-0.1, -0.05) is 22.0 Å². The van der Waals surface area contributed by atoms with Crippen molar-refractivity contribution in [2.24, 2.45) is 10.9 Å². The molecule has 1 aromatic carbocycles. The lowest BCUT2D eigenvalue weighted by Gasteiger charge is -2.35. The quantitative estimate of drug-likeness (QED) is 0.567. The number of aliphatic imine (C=N–C) groups is 1. The second kappa shape index (κ2) is 9.61. The zero-order valence-corrected chi connectivity index (χ0v) is 21.1. The number of thiazole rings is 1. The lowest BCUT2D eigenvalue weighted by Crippen LogP contribution is -2.42. The molecule has 2 aliphatic heterocycles. The van der Waals surface area contributed by atoms with Gasteiger partial charge in [0.1, 0.15) is 11.9 Å². The van der Waals surface area contributed by atoms with E-state index in [4.69, 9.17) is 9.73 Å². The number of piperidine rings is 1. The molecule has 0 radical (unpaired) electrons. The van der Waals surface area contributed by atoms with E-state index in [0.29, 0.717) is 58.1 Å². The molecule has 3 heterocycles. The molecule has 12 heteroatoms. The molecule has 176 valence electrons. The molecule has 0 spiro atoms. The van der Waals surface area contributed by atoms with Crippen LogP contribution in [0.1, 0.15) is 29.5 Å². The number of amidine groups is 1. The third-order valence-corrected chi connectivity index (χ3v) is 8.47. The summed E-state index contributed by atoms with van der Waals surface area (Å²) < 4.78 is 44.7. The van der Waals surface area contributed by atoms with E-state index in [-0.39, 0.29) is 5.92 Å². The smallest absolute Gasteiger partial charge is 0.338 e. The van der Waals surface area contributed by atoms with E-state index in [9.17, 15) is 17.6 Å². The number of hydrogen-bond acceptors (Lipinski definition) is 8. The van der Waals surface area contributed by atoms with Gasteiger partial charge in [-0.15, -0.1) is 11.3 Å². The molecule has 0 amide bonds. The Balaban J connectivity index is 1.81. The second-order valence-corrected chi connectivity index (χ2v) is 11.5. The van der Waals surface area contributed by atoms with E-state index < -0.39 is 27.9 Å². The van der Waals surface area contributed by atoms with Crippen molar-refractivity contribution in [2.75, 3.05) is 26.5 Å². The maximum absolute atomic E-state index is 13.8. The summed E-state index contributed by atoms with van der Waals surface area (Å²) in [5.41, 5.74) is 1.57. The topological polar surface area (TPSA) is 101 Å². The number of carbonyl (C=O) groups is 1. The van der Waals surface area contributed by atoms with Crippen molar-refractivity contribution in [3.05, 3.63) is 61.9 Å². The summed E-state index contributed by atoms with van der Waals surface area (Å²) in [5.74, 6) is -0.587. The van der Waals surface area contributed by atoms with Crippen LogP contribution in [-0.4, -0.2) is 56.0 Å². The Kier molecular flexibility index (Phi) is 6.99. The Morgan fingerprint density at radius 3 is 2.64 bits per heavy atom. The number of halogens is 2. The summed E-state index contributed by atoms with van der Waals surface area (Å²) in [6.07, 6.45) is 3.91. The van der Waals surface area contributed by atoms with Crippen LogP contribution in [0.3, 0.4) is 0 Å². The Morgan fingerprint density at radius 1 is 1.33 bits per heavy atom. The maximum Gasteiger partial charge on any atom is 0.338 e. The highest BCUT2D eigenvalue weighted by atomic mass is 79.9. The number of allylic oxidation sites excluding steroid dienone is 1. The standard InChI is InChI=1S/C21H22BrFN4O4S2/c1-31-21(28)16-17(12-5-8-27(9-6-12)33(2,29)30)25-19(20-24-7-10-32-20)26-18(16)14-4-3-13(23)11-15(14)22/h3-4,7,10-12,18H,5-6,8-9H2,1-2H3,(H,25,26)/t18-/m1/s1. The zero-order valence-electron chi connectivity index (χ0n) is 17.9. The van der Waals surface area contributed by atoms with Crippen LogP contribution in [0.5, 0.6) is 0 Å². The SMILES string of the molecule is COC(=O)C1=C(C2CCN(S(C)(=O)=O)CC2)NC(c2nccs2)=N[C@@H]1c1ccc(F)cc1Br. The fourth-order valence-corrected chi connectivity index (χ4v) is 6.12. The first-order valence-electron chi connectivity index (χ1n) is 10.2. The predicted octanol–water partition coefficient (Wildman–Crippen LogP) is 3.23. The lowest BCUT2D eigenvalue weighted by atomic mass is 9.86. The number of sulfonamides is 1. The lowest BCUT2D eigenvalue weighted by molar-refractivity contribution is -0.136. The van der Waals surface area contributed by atoms with Crippen molar-refractivity contribution in [3.63, 3.8) is 0 Å². The monoisotopic (exact) mass is 556 g/mol. The van der Waals surface area contributed by atoms with Crippen molar-refractivity contribution in [2.45, 2.75) is 18.9 Å². The molecule has 0 aliphatic carbocycles. The summed E-state index contributed by atoms with van der Waals surface area (Å²) in [6, 6.07) is 3.48. The molecule has 0 saturated carbocycles. The number of ether oxygens (including phenoxy) is 1. The fraction of sp³-hybridized carbons (Fsp3) is 0.381. The maximum atomic E-state index is 13.8. The number of aromatic nitrogens is 1. The molecule has 1 fully saturated rings. The van der Waals surface area contributed by atoms with Gasteiger partial charge in [-0.3, -0.25) is 4.99 Å². The van der Waals surface area contributed by atoms with Crippen molar-refractivity contribution < 1.29 is 22.3 Å². The van der Waals surface area contributed by atoms with Crippen LogP contribution in [0.15, 0.2) is 50.5 Å². The van der Waals surface area contributed by atoms with Gasteiger partial charge in [-0.05, 0) is 30.5 Å². The van der Waals surface area contributed by atoms with Crippen LogP contribution >= 0.6 is 27.3 Å². The third-order valence-electron chi connectivity index (χ3n) is 5.70. The van der Waals surface area contributed by atoms with Crippen molar-refractivity contribution in [3.8, 4) is 0 Å². The summed E-state index contributed by atoms with van der Waals surface area (Å²) >= 11 is 4.80. The van der Waals surface area contributed by atoms with E-state index in [1.807, 2.05) is 5.38 Å². The van der Waals surface area contributed by atoms with E-state index in [1.54, 1.807) is 12.3 Å². The Morgan fingerprint density at radius 2 is 2.06 bits per heavy atom. The van der Waals surface area contributed by atoms with Gasteiger partial charge in [-0.25, -0.2) is 26.9 Å². The predicted molar refractivity (Wildman–Crippen MR) is 127 cm³/mol. The largest absolute Gasteiger partial charge is 0.466 e. The van der Waals surface area contributed by atoms with Crippen LogP contribution in [-0.2, 0) is 19.6 Å². The summed E-state index contributed by atoms with van der Waals surface area (Å²) in [6.45, 7) is 0.690. The van der Waals surface area contributed by atoms with E-state index >= 15 is 0 Å². The third kappa shape index (κ3) is 5.03. The van der Waals surface area contributed by atoms with E-state index in [2.05, 4.69) is 26.2 Å². The van der Waals surface area contributed by atoms with Gasteiger partial charge in [0.05, 0.1) is 18.9 Å². The molecule has 2 aliphatic rings. The minimum atomic E-state index is -3.29. The van der Waals surface area contributed by atoms with Gasteiger partial charge in [0, 0.05) is 40.8 Å². The van der Waals surface area contributed by atoms with Gasteiger partial charge < -0.3 is 10.1 Å². The number of hydrogen-bond donors (Lipinski definition) is 1. The number of carbonyl (C=O) groups excluding carboxylic acids is 1. The Bertz CT molecular complexity index is 1220. The molecule has 8 nitrogen and oxygen atoms in total. The first-order chi connectivity index (χ1) is 15.7. The number of benzene rings is 1. The van der Waals surface area contributed by atoms with Crippen molar-refractivity contribution in [1.82, 2.24) is 14.6 Å². The molecule has 2 aromatic rings. The molecular formula is C21H22BrFN4O4S2. The summed E-state index contributed by atoms with van der Waals surface area (Å²) in [7, 11) is -1.99. The van der Waals surface area contributed by atoms with E-state index in [0.717, 1.165) is 0 Å². The highest BCUT2D eigenvalue weighted by Gasteiger charge is 2.38. The summed E-state index contributed by atoms with van der Waals surface area (Å²) in [5, 5.41) is 5.77. The van der Waals surface area contributed by atoms with Crippen LogP contribution in [0.2, 0.25) is 0 Å². The average Bonchev–Trinajstić information content (AvgIpc) is 3.32. The molecule has 0 unspecified atom stereocenters. The highest BCUT2D eigenvalue weighted by molar-refractivity contribution is 9.10. The van der Waals surface area contributed by atoms with Crippen LogP contribution in [0.4, 0.5) is 4.39 Å². The van der Waals surface area contributed by atoms with E-state index in [1.165, 1.54) is 41.1 Å². The normalized spacial score (nSPS) is 20.4. The van der Waals surface area contributed by atoms with Gasteiger partial charge in [0.15, 0.2) is 10.8 Å². The molecule has 4 rings (SSSR count). The van der Waals surface area contributed by atoms with Crippen molar-refractivity contribution >= 4 is 49.1 Å². The van der Waals surface area contributed by atoms with Gasteiger partial charge in [0.2, 0.25) is 10.0 Å². The molecule has 0 bridgehead atoms. The molecule has 1 saturated heterocycles. The number of nitrogens with one attached hydrogen (secondary N) is 1. The molecule has 1 N–H and O–H groups in total. The number of rotatable bonds is 5. The number of methoxy groups -OCH3 is 1. The number of nitrogens with zero attached hydrogens (tertiary/aromatic N) is 3. The summed E-state index contributed by atoms with van der Waals surface area (Å²) in [4.78, 5) is 22.1. The second-order valence-electron chi connectivity index (χ2n) is 7.76. The average molecular weight is 557 g/mol. The van der Waals surface area contributed by atoms with Gasteiger partial charge in [-0.2, -0.15) is 0 Å². The first-order valence-corrected chi connectivity index (χ1v) is 13.7. The zero-order chi connectivity index (χ0) is 23.8. The number of esters is 1. The fourth-order valence-electron chi connectivity index (χ4n) is 4.10. The van der Waals surface area contributed by atoms with Crippen LogP contribution < -0.4 is 5.32 Å². The molecular weight excluding hydrogens is 535 g/mol. The molecule has 1 aromatic heterocycles. The molecule has 1 atom stereocenters. The Labute approximate surface area is 203 Å².